The maximum absolute atomic E-state index is 11.4. The highest BCUT2D eigenvalue weighted by molar-refractivity contribution is 6.03. The van der Waals surface area contributed by atoms with Gasteiger partial charge in [-0.3, -0.25) is 4.79 Å². The number of ketones is 1. The monoisotopic (exact) mass is 270 g/mol. The quantitative estimate of drug-likeness (QED) is 0.864. The van der Waals surface area contributed by atoms with Crippen LogP contribution in [0.5, 0.6) is 0 Å². The first-order valence-electron chi connectivity index (χ1n) is 6.23. The highest BCUT2D eigenvalue weighted by atomic mass is 16.4. The van der Waals surface area contributed by atoms with Gasteiger partial charge in [0, 0.05) is 11.8 Å². The number of aromatic nitrogens is 2. The smallest absolute Gasteiger partial charge is 0.355 e. The number of hydrogen-bond donors (Lipinski definition) is 1. The van der Waals surface area contributed by atoms with Crippen LogP contribution in [0.15, 0.2) is 30.5 Å². The molecule has 2 rings (SSSR count). The lowest BCUT2D eigenvalue weighted by molar-refractivity contribution is 0.0685. The average Bonchev–Trinajstić information content (AvgIpc) is 2.46. The van der Waals surface area contributed by atoms with Crippen molar-refractivity contribution in [1.29, 1.82) is 0 Å². The van der Waals surface area contributed by atoms with Gasteiger partial charge in [-0.1, -0.05) is 31.2 Å². The molecule has 1 N–H and O–H groups in total. The zero-order valence-corrected chi connectivity index (χ0v) is 11.3. The molecule has 0 aliphatic carbocycles. The predicted molar refractivity (Wildman–Crippen MR) is 73.8 cm³/mol. The van der Waals surface area contributed by atoms with Gasteiger partial charge in [0.15, 0.2) is 17.3 Å². The number of carbonyl (C=O) groups is 2. The number of aromatic carboxylic acids is 1. The first-order valence-corrected chi connectivity index (χ1v) is 6.23. The van der Waals surface area contributed by atoms with Crippen molar-refractivity contribution in [3.63, 3.8) is 0 Å². The molecule has 0 unspecified atom stereocenters. The summed E-state index contributed by atoms with van der Waals surface area (Å²) in [5.41, 5.74) is 1.65. The van der Waals surface area contributed by atoms with Crippen LogP contribution in [-0.2, 0) is 6.42 Å². The third-order valence-corrected chi connectivity index (χ3v) is 2.99. The zero-order valence-electron chi connectivity index (χ0n) is 11.3. The van der Waals surface area contributed by atoms with Gasteiger partial charge >= 0.3 is 5.97 Å². The Hall–Kier alpha value is -2.56. The van der Waals surface area contributed by atoms with Gasteiger partial charge in [-0.05, 0) is 18.9 Å². The Morgan fingerprint density at radius 1 is 1.20 bits per heavy atom. The standard InChI is InChI=1S/C15H14N2O3/c1-3-10-4-6-11(7-5-10)14-16-8-12(9(2)18)13(17-14)15(19)20/h4-8H,3H2,1-2H3,(H,19,20). The highest BCUT2D eigenvalue weighted by Gasteiger charge is 2.17. The lowest BCUT2D eigenvalue weighted by Gasteiger charge is -2.05. The van der Waals surface area contributed by atoms with E-state index in [-0.39, 0.29) is 17.0 Å². The minimum atomic E-state index is -1.23. The van der Waals surface area contributed by atoms with Gasteiger partial charge in [0.2, 0.25) is 0 Å². The number of carbonyl (C=O) groups excluding carboxylic acids is 1. The van der Waals surface area contributed by atoms with Crippen molar-refractivity contribution in [1.82, 2.24) is 9.97 Å². The van der Waals surface area contributed by atoms with Gasteiger partial charge in [-0.25, -0.2) is 14.8 Å². The maximum atomic E-state index is 11.4. The lowest BCUT2D eigenvalue weighted by atomic mass is 10.1. The molecule has 0 saturated carbocycles. The molecule has 1 heterocycles. The number of Topliss-reactive ketones (excluding diaryl/α,β-unsaturated/α-hetero) is 1. The van der Waals surface area contributed by atoms with E-state index in [0.717, 1.165) is 12.0 Å². The Labute approximate surface area is 116 Å². The Kier molecular flexibility index (Phi) is 3.89. The third-order valence-electron chi connectivity index (χ3n) is 2.99. The van der Waals surface area contributed by atoms with E-state index in [1.807, 2.05) is 24.3 Å². The molecule has 5 heteroatoms. The van der Waals surface area contributed by atoms with Crippen LogP contribution in [-0.4, -0.2) is 26.8 Å². The molecule has 0 spiro atoms. The summed E-state index contributed by atoms with van der Waals surface area (Å²) in [6.45, 7) is 3.34. The first-order chi connectivity index (χ1) is 9.52. The fourth-order valence-electron chi connectivity index (χ4n) is 1.83. The van der Waals surface area contributed by atoms with E-state index in [4.69, 9.17) is 5.11 Å². The lowest BCUT2D eigenvalue weighted by Crippen LogP contribution is -2.11. The molecule has 2 aromatic rings. The van der Waals surface area contributed by atoms with Crippen molar-refractivity contribution < 1.29 is 14.7 Å². The average molecular weight is 270 g/mol. The van der Waals surface area contributed by atoms with E-state index < -0.39 is 5.97 Å². The Balaban J connectivity index is 2.49. The minimum absolute atomic E-state index is 0.0198. The van der Waals surface area contributed by atoms with E-state index in [1.54, 1.807) is 0 Å². The largest absolute Gasteiger partial charge is 0.476 e. The fourth-order valence-corrected chi connectivity index (χ4v) is 1.83. The van der Waals surface area contributed by atoms with Crippen LogP contribution in [0.4, 0.5) is 0 Å². The van der Waals surface area contributed by atoms with Gasteiger partial charge < -0.3 is 5.11 Å². The molecule has 0 aliphatic rings. The van der Waals surface area contributed by atoms with Crippen LogP contribution < -0.4 is 0 Å². The Morgan fingerprint density at radius 3 is 2.35 bits per heavy atom. The predicted octanol–water partition coefficient (Wildman–Crippen LogP) is 2.61. The normalized spacial score (nSPS) is 10.3. The number of rotatable bonds is 4. The molecule has 0 fully saturated rings. The molecule has 1 aromatic heterocycles. The molecule has 0 aliphatic heterocycles. The molecule has 0 amide bonds. The molecular formula is C15H14N2O3. The minimum Gasteiger partial charge on any atom is -0.476 e. The van der Waals surface area contributed by atoms with Gasteiger partial charge in [-0.15, -0.1) is 0 Å². The van der Waals surface area contributed by atoms with Crippen LogP contribution in [0.2, 0.25) is 0 Å². The Bertz CT molecular complexity index is 663. The number of carboxylic acids is 1. The number of aryl methyl sites for hydroxylation is 1. The summed E-state index contributed by atoms with van der Waals surface area (Å²) < 4.78 is 0. The number of hydrogen-bond acceptors (Lipinski definition) is 4. The van der Waals surface area contributed by atoms with Crippen molar-refractivity contribution in [2.24, 2.45) is 0 Å². The van der Waals surface area contributed by atoms with Crippen LogP contribution in [0, 0.1) is 0 Å². The molecule has 0 atom stereocenters. The van der Waals surface area contributed by atoms with E-state index >= 15 is 0 Å². The number of benzene rings is 1. The summed E-state index contributed by atoms with van der Waals surface area (Å²) in [6.07, 6.45) is 2.19. The van der Waals surface area contributed by atoms with Crippen LogP contribution >= 0.6 is 0 Å². The van der Waals surface area contributed by atoms with E-state index in [0.29, 0.717) is 5.82 Å². The topological polar surface area (TPSA) is 80.2 Å². The molecule has 1 aromatic carbocycles. The van der Waals surface area contributed by atoms with Crippen LogP contribution in [0.1, 0.15) is 40.3 Å². The molecule has 0 bridgehead atoms. The van der Waals surface area contributed by atoms with Crippen molar-refractivity contribution in [2.45, 2.75) is 20.3 Å². The second-order valence-electron chi connectivity index (χ2n) is 4.37. The van der Waals surface area contributed by atoms with Crippen molar-refractivity contribution >= 4 is 11.8 Å². The molecule has 0 saturated heterocycles. The van der Waals surface area contributed by atoms with E-state index in [9.17, 15) is 9.59 Å². The fraction of sp³-hybridized carbons (Fsp3) is 0.200. The van der Waals surface area contributed by atoms with Crippen LogP contribution in [0.25, 0.3) is 11.4 Å². The zero-order chi connectivity index (χ0) is 14.7. The van der Waals surface area contributed by atoms with Crippen molar-refractivity contribution in [3.8, 4) is 11.4 Å². The van der Waals surface area contributed by atoms with Gasteiger partial charge in [0.25, 0.3) is 0 Å². The maximum Gasteiger partial charge on any atom is 0.355 e. The Morgan fingerprint density at radius 2 is 1.85 bits per heavy atom. The SMILES string of the molecule is CCc1ccc(-c2ncc(C(C)=O)c(C(=O)O)n2)cc1. The number of nitrogens with zero attached hydrogens (tertiary/aromatic N) is 2. The number of carboxylic acid groups (broad SMARTS) is 1. The van der Waals surface area contributed by atoms with Gasteiger partial charge in [0.05, 0.1) is 5.56 Å². The summed E-state index contributed by atoms with van der Waals surface area (Å²) >= 11 is 0. The summed E-state index contributed by atoms with van der Waals surface area (Å²) in [6, 6.07) is 7.57. The van der Waals surface area contributed by atoms with Crippen molar-refractivity contribution in [2.75, 3.05) is 0 Å². The molecule has 20 heavy (non-hydrogen) atoms. The summed E-state index contributed by atoms with van der Waals surface area (Å²) in [5, 5.41) is 9.13. The van der Waals surface area contributed by atoms with Crippen LogP contribution in [0.3, 0.4) is 0 Å². The second kappa shape index (κ2) is 5.61. The second-order valence-corrected chi connectivity index (χ2v) is 4.37. The van der Waals surface area contributed by atoms with Crippen molar-refractivity contribution in [3.05, 3.63) is 47.3 Å². The summed E-state index contributed by atoms with van der Waals surface area (Å²) in [7, 11) is 0. The molecular weight excluding hydrogens is 256 g/mol. The van der Waals surface area contributed by atoms with Gasteiger partial charge in [0.1, 0.15) is 0 Å². The summed E-state index contributed by atoms with van der Waals surface area (Å²) in [5.74, 6) is -1.30. The molecule has 0 radical (unpaired) electrons. The molecule has 102 valence electrons. The van der Waals surface area contributed by atoms with E-state index in [2.05, 4.69) is 16.9 Å². The van der Waals surface area contributed by atoms with Gasteiger partial charge in [-0.2, -0.15) is 0 Å². The first kappa shape index (κ1) is 13.9. The highest BCUT2D eigenvalue weighted by Crippen LogP contribution is 2.18. The summed E-state index contributed by atoms with van der Waals surface area (Å²) in [4.78, 5) is 30.6. The van der Waals surface area contributed by atoms with E-state index in [1.165, 1.54) is 18.7 Å². The third kappa shape index (κ3) is 2.71. The molecule has 5 nitrogen and oxygen atoms in total.